The standard InChI is InChI=1S/C44H26O2/c1-2-11-27(12-3-1)42-34-15-4-5-16-35(34)43(29-22-23-33-31-13-6-8-19-39(31)45-41(33)26-29)38-25-28(21-24-36(38)42)30-17-10-18-37-32-14-7-9-20-40(32)46-44(30)37/h1-26H/i1D,2D,3D,6D,8D,11D,12D,13D,19D,22D,23D,26D. The lowest BCUT2D eigenvalue weighted by molar-refractivity contribution is 0.669. The number of benzene rings is 8. The maximum absolute atomic E-state index is 9.64. The molecule has 0 aliphatic heterocycles. The minimum atomic E-state index is -0.535. The van der Waals surface area contributed by atoms with Crippen LogP contribution in [-0.2, 0) is 0 Å². The van der Waals surface area contributed by atoms with Gasteiger partial charge in [0.1, 0.15) is 22.3 Å². The van der Waals surface area contributed by atoms with Crippen molar-refractivity contribution in [3.8, 4) is 33.4 Å². The average molecular weight is 599 g/mol. The van der Waals surface area contributed by atoms with Crippen LogP contribution in [-0.4, -0.2) is 0 Å². The first kappa shape index (κ1) is 16.3. The van der Waals surface area contributed by atoms with E-state index in [1.807, 2.05) is 54.6 Å². The second-order valence-corrected chi connectivity index (χ2v) is 11.1. The molecule has 0 aliphatic rings. The smallest absolute Gasteiger partial charge is 0.143 e. The highest BCUT2D eigenvalue weighted by atomic mass is 16.3. The summed E-state index contributed by atoms with van der Waals surface area (Å²) in [6.07, 6.45) is 0. The Morgan fingerprint density at radius 1 is 0.391 bits per heavy atom. The molecular formula is C44H26O2. The van der Waals surface area contributed by atoms with Crippen LogP contribution in [0.3, 0.4) is 0 Å². The SMILES string of the molecule is [2H]c1c([2H])c([2H])c(-c2c3ccccc3c(-c3c([2H])c([2H])c4c(oc5c([2H])c([2H])c([2H])c([2H])c54)c3[2H])c3cc(-c4cccc5c4oc4ccccc45)ccc23)c([2H])c1[2H]. The van der Waals surface area contributed by atoms with Gasteiger partial charge in [0, 0.05) is 27.1 Å². The second kappa shape index (κ2) is 9.69. The number of hydrogen-bond donors (Lipinski definition) is 0. The molecule has 0 bridgehead atoms. The summed E-state index contributed by atoms with van der Waals surface area (Å²) >= 11 is 0. The summed E-state index contributed by atoms with van der Waals surface area (Å²) in [4.78, 5) is 0. The maximum atomic E-state index is 9.64. The van der Waals surface area contributed by atoms with E-state index in [1.54, 1.807) is 30.3 Å². The third kappa shape index (κ3) is 3.65. The number of hydrogen-bond acceptors (Lipinski definition) is 2. The largest absolute Gasteiger partial charge is 0.456 e. The Morgan fingerprint density at radius 2 is 1.09 bits per heavy atom. The van der Waals surface area contributed by atoms with Crippen molar-refractivity contribution in [3.63, 3.8) is 0 Å². The van der Waals surface area contributed by atoms with Crippen molar-refractivity contribution in [3.05, 3.63) is 157 Å². The van der Waals surface area contributed by atoms with Crippen LogP contribution in [0.15, 0.2) is 166 Å². The Hall–Kier alpha value is -6.12. The molecule has 2 aromatic heterocycles. The summed E-state index contributed by atoms with van der Waals surface area (Å²) in [5.74, 6) is 0. The summed E-state index contributed by atoms with van der Waals surface area (Å²) in [5, 5.41) is 3.44. The van der Waals surface area contributed by atoms with E-state index in [2.05, 4.69) is 0 Å². The fourth-order valence-electron chi connectivity index (χ4n) is 6.66. The van der Waals surface area contributed by atoms with Crippen LogP contribution in [0.2, 0.25) is 0 Å². The predicted molar refractivity (Wildman–Crippen MR) is 192 cm³/mol. The van der Waals surface area contributed by atoms with E-state index in [4.69, 9.17) is 21.2 Å². The van der Waals surface area contributed by atoms with Gasteiger partial charge in [-0.05, 0) is 79.6 Å². The summed E-state index contributed by atoms with van der Waals surface area (Å²) in [7, 11) is 0. The Labute approximate surface area is 281 Å². The molecule has 0 fully saturated rings. The van der Waals surface area contributed by atoms with Crippen molar-refractivity contribution < 1.29 is 25.3 Å². The molecule has 2 heterocycles. The first-order valence-corrected chi connectivity index (χ1v) is 14.7. The van der Waals surface area contributed by atoms with Crippen LogP contribution in [0.25, 0.3) is 98.8 Å². The van der Waals surface area contributed by atoms with Crippen LogP contribution in [0.5, 0.6) is 0 Å². The molecule has 0 N–H and O–H groups in total. The third-order valence-electron chi connectivity index (χ3n) is 8.62. The number of furan rings is 2. The number of fused-ring (bicyclic) bond motifs is 8. The molecule has 0 spiro atoms. The highest BCUT2D eigenvalue weighted by molar-refractivity contribution is 6.23. The summed E-state index contributed by atoms with van der Waals surface area (Å²) < 4.78 is 118. The molecule has 0 saturated heterocycles. The molecular weight excluding hydrogens is 560 g/mol. The average Bonchev–Trinajstić information content (AvgIpc) is 3.83. The van der Waals surface area contributed by atoms with Gasteiger partial charge in [-0.2, -0.15) is 0 Å². The Balaban J connectivity index is 1.40. The van der Waals surface area contributed by atoms with Gasteiger partial charge in [0.2, 0.25) is 0 Å². The fourth-order valence-corrected chi connectivity index (χ4v) is 6.66. The minimum absolute atomic E-state index is 0.0141. The van der Waals surface area contributed by atoms with Gasteiger partial charge >= 0.3 is 0 Å². The summed E-state index contributed by atoms with van der Waals surface area (Å²) in [6, 6.07) is 20.5. The summed E-state index contributed by atoms with van der Waals surface area (Å²) in [6.45, 7) is 0. The third-order valence-corrected chi connectivity index (χ3v) is 8.62. The van der Waals surface area contributed by atoms with Crippen molar-refractivity contribution >= 4 is 65.4 Å². The Kier molecular flexibility index (Phi) is 3.43. The van der Waals surface area contributed by atoms with Gasteiger partial charge in [-0.25, -0.2) is 0 Å². The minimum Gasteiger partial charge on any atom is -0.456 e. The zero-order chi connectivity index (χ0) is 40.6. The van der Waals surface area contributed by atoms with E-state index in [1.165, 1.54) is 0 Å². The highest BCUT2D eigenvalue weighted by Gasteiger charge is 2.20. The van der Waals surface area contributed by atoms with Crippen molar-refractivity contribution in [2.24, 2.45) is 0 Å². The van der Waals surface area contributed by atoms with Gasteiger partial charge < -0.3 is 8.83 Å². The molecule has 0 atom stereocenters. The van der Waals surface area contributed by atoms with Crippen LogP contribution >= 0.6 is 0 Å². The molecule has 10 rings (SSSR count). The van der Waals surface area contributed by atoms with Gasteiger partial charge in [-0.15, -0.1) is 0 Å². The lowest BCUT2D eigenvalue weighted by Crippen LogP contribution is -1.92. The van der Waals surface area contributed by atoms with E-state index in [-0.39, 0.29) is 45.2 Å². The molecule has 0 radical (unpaired) electrons. The van der Waals surface area contributed by atoms with Crippen molar-refractivity contribution in [1.29, 1.82) is 0 Å². The van der Waals surface area contributed by atoms with E-state index >= 15 is 0 Å². The normalized spacial score (nSPS) is 15.6. The van der Waals surface area contributed by atoms with Gasteiger partial charge in [-0.3, -0.25) is 0 Å². The fraction of sp³-hybridized carbons (Fsp3) is 0. The second-order valence-electron chi connectivity index (χ2n) is 11.1. The van der Waals surface area contributed by atoms with E-state index in [0.29, 0.717) is 49.4 Å². The first-order valence-electron chi connectivity index (χ1n) is 20.7. The lowest BCUT2D eigenvalue weighted by Gasteiger charge is -2.18. The molecule has 10 aromatic rings. The molecule has 2 heteroatoms. The molecule has 0 unspecified atom stereocenters. The first-order chi connectivity index (χ1) is 27.8. The zero-order valence-corrected chi connectivity index (χ0v) is 23.9. The van der Waals surface area contributed by atoms with Crippen LogP contribution in [0, 0.1) is 0 Å². The lowest BCUT2D eigenvalue weighted by atomic mass is 9.84. The van der Waals surface area contributed by atoms with Crippen LogP contribution in [0.4, 0.5) is 0 Å². The molecule has 0 aliphatic carbocycles. The van der Waals surface area contributed by atoms with Crippen molar-refractivity contribution in [1.82, 2.24) is 0 Å². The van der Waals surface area contributed by atoms with Crippen molar-refractivity contribution in [2.45, 2.75) is 0 Å². The van der Waals surface area contributed by atoms with E-state index in [9.17, 15) is 4.11 Å². The quantitative estimate of drug-likeness (QED) is 0.189. The number of para-hydroxylation sites is 3. The van der Waals surface area contributed by atoms with Gasteiger partial charge in [0.05, 0.1) is 16.4 Å². The molecule has 214 valence electrons. The Morgan fingerprint density at radius 3 is 1.96 bits per heavy atom. The van der Waals surface area contributed by atoms with E-state index < -0.39 is 60.4 Å². The number of rotatable bonds is 3. The van der Waals surface area contributed by atoms with Crippen LogP contribution < -0.4 is 0 Å². The van der Waals surface area contributed by atoms with Crippen LogP contribution in [0.1, 0.15) is 16.4 Å². The van der Waals surface area contributed by atoms with Gasteiger partial charge in [0.15, 0.2) is 0 Å². The maximum Gasteiger partial charge on any atom is 0.143 e. The molecule has 0 saturated carbocycles. The molecule has 46 heavy (non-hydrogen) atoms. The summed E-state index contributed by atoms with van der Waals surface area (Å²) in [5.41, 5.74) is 2.95. The van der Waals surface area contributed by atoms with Crippen molar-refractivity contribution in [2.75, 3.05) is 0 Å². The highest BCUT2D eigenvalue weighted by Crippen LogP contribution is 2.46. The molecule has 0 amide bonds. The molecule has 2 nitrogen and oxygen atoms in total. The van der Waals surface area contributed by atoms with Gasteiger partial charge in [0.25, 0.3) is 0 Å². The van der Waals surface area contributed by atoms with Gasteiger partial charge in [-0.1, -0.05) is 127 Å². The monoisotopic (exact) mass is 598 g/mol. The predicted octanol–water partition coefficient (Wildman–Crippen LogP) is 12.8. The molecule has 8 aromatic carbocycles. The zero-order valence-electron chi connectivity index (χ0n) is 35.9. The topological polar surface area (TPSA) is 26.3 Å². The Bertz CT molecular complexity index is 3460. The van der Waals surface area contributed by atoms with E-state index in [0.717, 1.165) is 16.3 Å².